The van der Waals surface area contributed by atoms with Crippen LogP contribution >= 0.6 is 11.6 Å². The average molecular weight is 560 g/mol. The number of nitrogens with one attached hydrogen (secondary N) is 1. The van der Waals surface area contributed by atoms with Gasteiger partial charge in [-0.3, -0.25) is 19.5 Å². The fraction of sp³-hybridized carbons (Fsp3) is 0.300. The molecule has 40 heavy (non-hydrogen) atoms. The first kappa shape index (κ1) is 26.3. The van der Waals surface area contributed by atoms with Crippen LogP contribution in [0.1, 0.15) is 17.0 Å². The number of halogens is 1. The van der Waals surface area contributed by atoms with Crippen molar-refractivity contribution in [2.45, 2.75) is 5.92 Å². The Morgan fingerprint density at radius 2 is 1.77 bits per heavy atom. The number of hydrogen-bond donors (Lipinski definition) is 1. The molecule has 1 atom stereocenters. The van der Waals surface area contributed by atoms with Gasteiger partial charge in [-0.05, 0) is 67.2 Å². The van der Waals surface area contributed by atoms with E-state index < -0.39 is 5.92 Å². The van der Waals surface area contributed by atoms with Gasteiger partial charge in [0.05, 0.1) is 17.9 Å². The van der Waals surface area contributed by atoms with E-state index in [-0.39, 0.29) is 18.6 Å². The van der Waals surface area contributed by atoms with Gasteiger partial charge in [0, 0.05) is 55.2 Å². The Hall–Kier alpha value is -3.92. The highest BCUT2D eigenvalue weighted by atomic mass is 35.5. The molecular formula is C30H30ClN5O4. The Bertz CT molecular complexity index is 1480. The highest BCUT2D eigenvalue weighted by molar-refractivity contribution is 6.31. The Morgan fingerprint density at radius 1 is 1.02 bits per heavy atom. The zero-order chi connectivity index (χ0) is 27.8. The number of anilines is 2. The summed E-state index contributed by atoms with van der Waals surface area (Å²) in [5, 5.41) is 3.48. The van der Waals surface area contributed by atoms with Crippen molar-refractivity contribution >= 4 is 46.2 Å². The zero-order valence-corrected chi connectivity index (χ0v) is 23.1. The van der Waals surface area contributed by atoms with E-state index in [1.807, 2.05) is 48.5 Å². The highest BCUT2D eigenvalue weighted by Gasteiger charge is 2.36. The number of nitrogens with zero attached hydrogens (tertiary/aromatic N) is 4. The second-order valence-corrected chi connectivity index (χ2v) is 10.7. The summed E-state index contributed by atoms with van der Waals surface area (Å²) in [4.78, 5) is 37.3. The minimum absolute atomic E-state index is 0.0414. The summed E-state index contributed by atoms with van der Waals surface area (Å²) in [7, 11) is 3.89. The monoisotopic (exact) mass is 559 g/mol. The molecule has 9 nitrogen and oxygen atoms in total. The second kappa shape index (κ2) is 10.9. The Morgan fingerprint density at radius 3 is 2.55 bits per heavy atom. The molecule has 2 amide bonds. The first-order chi connectivity index (χ1) is 19.4. The number of aliphatic imine (C=N–C) groups is 1. The molecule has 0 aromatic heterocycles. The smallest absolute Gasteiger partial charge is 0.240 e. The third-order valence-corrected chi connectivity index (χ3v) is 7.84. The summed E-state index contributed by atoms with van der Waals surface area (Å²) in [6, 6.07) is 18.4. The largest absolute Gasteiger partial charge is 0.454 e. The molecule has 3 aromatic rings. The molecule has 3 aliphatic heterocycles. The second-order valence-electron chi connectivity index (χ2n) is 10.3. The number of rotatable bonds is 6. The third kappa shape index (κ3) is 5.28. The van der Waals surface area contributed by atoms with Crippen LogP contribution in [-0.2, 0) is 9.59 Å². The van der Waals surface area contributed by atoms with Crippen molar-refractivity contribution in [1.82, 2.24) is 9.80 Å². The number of ether oxygens (including phenoxy) is 2. The number of benzene rings is 3. The lowest BCUT2D eigenvalue weighted by atomic mass is 9.90. The minimum Gasteiger partial charge on any atom is -0.454 e. The predicted molar refractivity (Wildman–Crippen MR) is 155 cm³/mol. The molecule has 1 saturated heterocycles. The van der Waals surface area contributed by atoms with Crippen LogP contribution in [0.2, 0.25) is 5.02 Å². The Balaban J connectivity index is 1.29. The van der Waals surface area contributed by atoms with Crippen LogP contribution in [-0.4, -0.2) is 80.9 Å². The molecule has 3 heterocycles. The van der Waals surface area contributed by atoms with E-state index in [1.165, 1.54) is 0 Å². The first-order valence-corrected chi connectivity index (χ1v) is 13.6. The summed E-state index contributed by atoms with van der Waals surface area (Å²) in [6.07, 6.45) is 0. The lowest BCUT2D eigenvalue weighted by Crippen LogP contribution is -2.48. The molecule has 1 unspecified atom stereocenters. The van der Waals surface area contributed by atoms with Crippen molar-refractivity contribution < 1.29 is 19.1 Å². The maximum atomic E-state index is 13.2. The molecule has 1 N–H and O–H groups in total. The molecule has 1 fully saturated rings. The number of hydrogen-bond acceptors (Lipinski definition) is 7. The molecule has 0 radical (unpaired) electrons. The molecule has 3 aromatic carbocycles. The van der Waals surface area contributed by atoms with Crippen LogP contribution in [0.4, 0.5) is 17.1 Å². The summed E-state index contributed by atoms with van der Waals surface area (Å²) in [5.74, 6) is 0.481. The summed E-state index contributed by atoms with van der Waals surface area (Å²) < 4.78 is 11.1. The number of likely N-dealkylation sites (N-methyl/N-ethyl adjacent to an activating group) is 2. The van der Waals surface area contributed by atoms with Crippen LogP contribution in [0.5, 0.6) is 11.5 Å². The van der Waals surface area contributed by atoms with Gasteiger partial charge in [-0.1, -0.05) is 17.7 Å². The molecule has 3 aliphatic rings. The molecule has 10 heteroatoms. The van der Waals surface area contributed by atoms with Gasteiger partial charge >= 0.3 is 0 Å². The quantitative estimate of drug-likeness (QED) is 0.457. The van der Waals surface area contributed by atoms with E-state index in [4.69, 9.17) is 26.1 Å². The van der Waals surface area contributed by atoms with E-state index in [0.29, 0.717) is 40.2 Å². The topological polar surface area (TPSA) is 86.7 Å². The molecule has 0 spiro atoms. The van der Waals surface area contributed by atoms with Crippen molar-refractivity contribution in [2.24, 2.45) is 4.99 Å². The van der Waals surface area contributed by atoms with Crippen LogP contribution in [0.25, 0.3) is 0 Å². The van der Waals surface area contributed by atoms with Gasteiger partial charge in [-0.25, -0.2) is 0 Å². The Labute approximate surface area is 237 Å². The van der Waals surface area contributed by atoms with Gasteiger partial charge in [0.25, 0.3) is 0 Å². The summed E-state index contributed by atoms with van der Waals surface area (Å²) in [5.41, 5.74) is 4.23. The Kier molecular flexibility index (Phi) is 7.18. The number of fused-ring (bicyclic) bond motifs is 2. The molecule has 0 aliphatic carbocycles. The van der Waals surface area contributed by atoms with Crippen LogP contribution in [0.15, 0.2) is 65.7 Å². The normalized spacial score (nSPS) is 18.9. The van der Waals surface area contributed by atoms with Gasteiger partial charge in [-0.2, -0.15) is 0 Å². The van der Waals surface area contributed by atoms with Crippen molar-refractivity contribution in [3.63, 3.8) is 0 Å². The van der Waals surface area contributed by atoms with Gasteiger partial charge in [-0.15, -0.1) is 0 Å². The lowest BCUT2D eigenvalue weighted by molar-refractivity contribution is -0.120. The fourth-order valence-corrected chi connectivity index (χ4v) is 5.37. The van der Waals surface area contributed by atoms with Crippen molar-refractivity contribution in [3.8, 4) is 11.5 Å². The fourth-order valence-electron chi connectivity index (χ4n) is 5.19. The lowest BCUT2D eigenvalue weighted by Gasteiger charge is -2.32. The maximum absolute atomic E-state index is 13.2. The highest BCUT2D eigenvalue weighted by Crippen LogP contribution is 2.40. The molecule has 206 valence electrons. The van der Waals surface area contributed by atoms with Crippen molar-refractivity contribution in [1.29, 1.82) is 0 Å². The van der Waals surface area contributed by atoms with Gasteiger partial charge in [0.2, 0.25) is 18.6 Å². The van der Waals surface area contributed by atoms with Crippen LogP contribution in [0, 0.1) is 0 Å². The van der Waals surface area contributed by atoms with E-state index >= 15 is 0 Å². The van der Waals surface area contributed by atoms with Gasteiger partial charge in [0.1, 0.15) is 5.92 Å². The average Bonchev–Trinajstić information content (AvgIpc) is 3.55. The number of carbonyl (C=O) groups is 2. The van der Waals surface area contributed by atoms with Crippen LogP contribution < -0.4 is 19.7 Å². The van der Waals surface area contributed by atoms with Crippen molar-refractivity contribution in [2.75, 3.05) is 63.8 Å². The summed E-state index contributed by atoms with van der Waals surface area (Å²) >= 11 is 6.19. The standard InChI is InChI=1S/C30H30ClN5O4/c1-34-11-13-36(14-12-34)17-27(37)35(2)22-7-5-21(6-8-22)32-29(19-3-10-25-26(15-19)40-18-39-25)28-23-9-4-20(31)16-24(23)33-30(28)38/h3-10,15-16,28H,11-14,17-18H2,1-2H3,(H,33,38). The number of amides is 2. The molecule has 6 rings (SSSR count). The minimum atomic E-state index is -0.639. The van der Waals surface area contributed by atoms with E-state index in [9.17, 15) is 9.59 Å². The zero-order valence-electron chi connectivity index (χ0n) is 22.4. The summed E-state index contributed by atoms with van der Waals surface area (Å²) in [6.45, 7) is 4.24. The maximum Gasteiger partial charge on any atom is 0.240 e. The van der Waals surface area contributed by atoms with Gasteiger partial charge < -0.3 is 24.6 Å². The first-order valence-electron chi connectivity index (χ1n) is 13.2. The third-order valence-electron chi connectivity index (χ3n) is 7.60. The van der Waals surface area contributed by atoms with E-state index in [1.54, 1.807) is 24.1 Å². The molecule has 0 bridgehead atoms. The number of carbonyl (C=O) groups excluding carboxylic acids is 2. The van der Waals surface area contributed by atoms with Crippen LogP contribution in [0.3, 0.4) is 0 Å². The number of piperazine rings is 1. The molecule has 0 saturated carbocycles. The predicted octanol–water partition coefficient (Wildman–Crippen LogP) is 4.14. The van der Waals surface area contributed by atoms with Crippen molar-refractivity contribution in [3.05, 3.63) is 76.8 Å². The van der Waals surface area contributed by atoms with E-state index in [0.717, 1.165) is 43.0 Å². The van der Waals surface area contributed by atoms with Gasteiger partial charge in [0.15, 0.2) is 11.5 Å². The molecular weight excluding hydrogens is 530 g/mol. The SMILES string of the molecule is CN1CCN(CC(=O)N(C)c2ccc(N=C(c3ccc4c(c3)OCO4)C3C(=O)Nc4cc(Cl)ccc43)cc2)CC1. The van der Waals surface area contributed by atoms with E-state index in [2.05, 4.69) is 22.2 Å².